The number of imidazole rings is 1. The summed E-state index contributed by atoms with van der Waals surface area (Å²) in [5.74, 6) is 0. The van der Waals surface area contributed by atoms with Gasteiger partial charge in [-0.05, 0) is 62.4 Å². The Balaban J connectivity index is 0.000000491. The van der Waals surface area contributed by atoms with Crippen molar-refractivity contribution in [2.24, 2.45) is 0 Å². The highest BCUT2D eigenvalue weighted by molar-refractivity contribution is 6.14. The number of pyridine rings is 1. The third kappa shape index (κ3) is 4.66. The summed E-state index contributed by atoms with van der Waals surface area (Å²) in [7, 11) is 0. The van der Waals surface area contributed by atoms with Crippen LogP contribution in [0.25, 0.3) is 38.6 Å². The summed E-state index contributed by atoms with van der Waals surface area (Å²) >= 11 is 0. The SMILES string of the molecule is CC.CC.CC.CCC.CCC12CC1(CC)[n+]1cc(-c3c(C)cccc3C)n3c4ccc(C)cc4c4cccc2c4c31. The molecule has 2 aliphatic rings. The van der Waals surface area contributed by atoms with Crippen LogP contribution in [0.15, 0.2) is 60.8 Å². The van der Waals surface area contributed by atoms with Crippen LogP contribution in [0.5, 0.6) is 0 Å². The van der Waals surface area contributed by atoms with Gasteiger partial charge in [0.2, 0.25) is 0 Å². The molecule has 1 aliphatic carbocycles. The maximum Gasteiger partial charge on any atom is 0.296 e. The zero-order valence-corrected chi connectivity index (χ0v) is 29.0. The van der Waals surface area contributed by atoms with Crippen LogP contribution in [0, 0.1) is 20.8 Å². The highest BCUT2D eigenvalue weighted by atomic mass is 15.2. The van der Waals surface area contributed by atoms with E-state index in [2.05, 4.69) is 118 Å². The van der Waals surface area contributed by atoms with Crippen LogP contribution in [0.2, 0.25) is 0 Å². The lowest BCUT2D eigenvalue weighted by Gasteiger charge is -2.28. The molecule has 1 saturated carbocycles. The summed E-state index contributed by atoms with van der Waals surface area (Å²) in [6.45, 7) is 27.8. The monoisotopic (exact) mass is 565 g/mol. The quantitative estimate of drug-likeness (QED) is 0.152. The Kier molecular flexibility index (Phi) is 10.7. The van der Waals surface area contributed by atoms with Crippen LogP contribution in [0.3, 0.4) is 0 Å². The van der Waals surface area contributed by atoms with Gasteiger partial charge in [0.05, 0.1) is 5.39 Å². The summed E-state index contributed by atoms with van der Waals surface area (Å²) < 4.78 is 5.29. The van der Waals surface area contributed by atoms with Crippen molar-refractivity contribution in [3.63, 3.8) is 0 Å². The van der Waals surface area contributed by atoms with E-state index in [1.54, 1.807) is 5.56 Å². The first kappa shape index (κ1) is 33.4. The Morgan fingerprint density at radius 3 is 1.90 bits per heavy atom. The van der Waals surface area contributed by atoms with Gasteiger partial charge in [-0.2, -0.15) is 4.40 Å². The summed E-state index contributed by atoms with van der Waals surface area (Å²) in [5, 5.41) is 4.24. The Morgan fingerprint density at radius 1 is 0.738 bits per heavy atom. The Morgan fingerprint density at radius 2 is 1.33 bits per heavy atom. The molecule has 2 aromatic heterocycles. The van der Waals surface area contributed by atoms with Crippen molar-refractivity contribution in [3.8, 4) is 11.3 Å². The van der Waals surface area contributed by atoms with E-state index in [4.69, 9.17) is 0 Å². The summed E-state index contributed by atoms with van der Waals surface area (Å²) in [6, 6.07) is 20.8. The Labute approximate surface area is 256 Å². The molecular weight excluding hydrogens is 508 g/mol. The van der Waals surface area contributed by atoms with Crippen molar-refractivity contribution >= 4 is 27.3 Å². The van der Waals surface area contributed by atoms with E-state index in [0.29, 0.717) is 0 Å². The second-order valence-electron chi connectivity index (χ2n) is 11.3. The first-order valence-corrected chi connectivity index (χ1v) is 16.9. The topological polar surface area (TPSA) is 8.29 Å². The van der Waals surface area contributed by atoms with Gasteiger partial charge in [-0.25, -0.2) is 4.57 Å². The normalized spacial score (nSPS) is 19.0. The highest BCUT2D eigenvalue weighted by Crippen LogP contribution is 2.67. The molecule has 0 saturated heterocycles. The number of fused-ring (bicyclic) bond motifs is 6. The van der Waals surface area contributed by atoms with Crippen molar-refractivity contribution in [2.45, 2.75) is 127 Å². The lowest BCUT2D eigenvalue weighted by atomic mass is 9.81. The van der Waals surface area contributed by atoms with Gasteiger partial charge >= 0.3 is 0 Å². The van der Waals surface area contributed by atoms with Crippen molar-refractivity contribution in [2.75, 3.05) is 0 Å². The fraction of sp³-hybridized carbons (Fsp3) is 0.475. The molecule has 42 heavy (non-hydrogen) atoms. The number of aryl methyl sites for hydroxylation is 3. The third-order valence-corrected chi connectivity index (χ3v) is 9.17. The van der Waals surface area contributed by atoms with Crippen LogP contribution in [0.1, 0.15) is 117 Å². The highest BCUT2D eigenvalue weighted by Gasteiger charge is 2.73. The average molecular weight is 566 g/mol. The number of hydrogen-bond acceptors (Lipinski definition) is 0. The molecule has 3 heterocycles. The minimum absolute atomic E-state index is 0.182. The van der Waals surface area contributed by atoms with E-state index >= 15 is 0 Å². The maximum atomic E-state index is 2.70. The van der Waals surface area contributed by atoms with Crippen LogP contribution < -0.4 is 4.57 Å². The largest absolute Gasteiger partial charge is 0.296 e. The van der Waals surface area contributed by atoms with Gasteiger partial charge in [-0.3, -0.25) is 0 Å². The molecule has 226 valence electrons. The molecule has 1 aliphatic heterocycles. The van der Waals surface area contributed by atoms with E-state index < -0.39 is 0 Å². The number of rotatable bonds is 3. The Hall–Kier alpha value is -3.13. The van der Waals surface area contributed by atoms with Crippen molar-refractivity contribution < 1.29 is 4.57 Å². The predicted octanol–water partition coefficient (Wildman–Crippen LogP) is 11.8. The van der Waals surface area contributed by atoms with Gasteiger partial charge in [0.25, 0.3) is 5.65 Å². The van der Waals surface area contributed by atoms with E-state index in [-0.39, 0.29) is 11.0 Å². The van der Waals surface area contributed by atoms with E-state index in [0.717, 1.165) is 0 Å². The first-order chi connectivity index (χ1) is 20.4. The number of aromatic nitrogens is 2. The molecule has 0 bridgehead atoms. The summed E-state index contributed by atoms with van der Waals surface area (Å²) in [6.07, 6.45) is 7.35. The van der Waals surface area contributed by atoms with Gasteiger partial charge in [0.15, 0.2) is 5.69 Å². The maximum absolute atomic E-state index is 2.70. The van der Waals surface area contributed by atoms with E-state index in [9.17, 15) is 0 Å². The molecule has 1 fully saturated rings. The number of benzene rings is 3. The van der Waals surface area contributed by atoms with Crippen LogP contribution in [0.4, 0.5) is 0 Å². The van der Waals surface area contributed by atoms with Crippen LogP contribution in [-0.4, -0.2) is 4.40 Å². The second kappa shape index (κ2) is 13.4. The molecular formula is C40H57N2+. The van der Waals surface area contributed by atoms with E-state index in [1.807, 2.05) is 41.5 Å². The lowest BCUT2D eigenvalue weighted by Crippen LogP contribution is -2.52. The average Bonchev–Trinajstić information content (AvgIpc) is 3.58. The minimum Gasteiger partial charge on any atom is -0.223 e. The fourth-order valence-electron chi connectivity index (χ4n) is 7.53. The van der Waals surface area contributed by atoms with Gasteiger partial charge in [0, 0.05) is 28.2 Å². The third-order valence-electron chi connectivity index (χ3n) is 9.17. The van der Waals surface area contributed by atoms with Gasteiger partial charge in [-0.1, -0.05) is 124 Å². The standard InChI is InChI=1S/C31H31N2.C3H8.3C2H6/c1-6-30-18-31(30,7-2)32-17-26(27-20(4)10-8-11-21(27)5)33-25-15-14-19(3)16-23(25)22-12-9-13-24(30)28(22)29(32)33;1-3-2;3*1-2/h8-17H,6-7,18H2,1-5H3;3H2,1-2H3;3*1-2H3/q+1;;;;. The smallest absolute Gasteiger partial charge is 0.223 e. The molecule has 0 spiro atoms. The van der Waals surface area contributed by atoms with Crippen molar-refractivity contribution in [1.82, 2.24) is 4.40 Å². The summed E-state index contributed by atoms with van der Waals surface area (Å²) in [5.41, 5.74) is 11.4. The van der Waals surface area contributed by atoms with Gasteiger partial charge in [0.1, 0.15) is 17.3 Å². The first-order valence-electron chi connectivity index (χ1n) is 16.9. The molecule has 0 radical (unpaired) electrons. The van der Waals surface area contributed by atoms with Crippen LogP contribution >= 0.6 is 0 Å². The molecule has 2 unspecified atom stereocenters. The molecule has 2 atom stereocenters. The second-order valence-corrected chi connectivity index (χ2v) is 11.3. The molecule has 5 aromatic rings. The molecule has 3 aromatic carbocycles. The van der Waals surface area contributed by atoms with Crippen molar-refractivity contribution in [3.05, 3.63) is 83.0 Å². The molecule has 0 N–H and O–H groups in total. The predicted molar refractivity (Wildman–Crippen MR) is 187 cm³/mol. The fourth-order valence-corrected chi connectivity index (χ4v) is 7.53. The summed E-state index contributed by atoms with van der Waals surface area (Å²) in [4.78, 5) is 0. The van der Waals surface area contributed by atoms with Gasteiger partial charge in [-0.15, -0.1) is 0 Å². The van der Waals surface area contributed by atoms with Gasteiger partial charge < -0.3 is 0 Å². The lowest BCUT2D eigenvalue weighted by molar-refractivity contribution is -0.720. The molecule has 2 nitrogen and oxygen atoms in total. The molecule has 7 rings (SSSR count). The molecule has 0 amide bonds. The minimum atomic E-state index is 0.182. The van der Waals surface area contributed by atoms with E-state index in [1.165, 1.54) is 81.0 Å². The zero-order chi connectivity index (χ0) is 31.4. The Bertz CT molecular complexity index is 1650. The van der Waals surface area contributed by atoms with Crippen LogP contribution in [-0.2, 0) is 11.0 Å². The van der Waals surface area contributed by atoms with Crippen molar-refractivity contribution in [1.29, 1.82) is 0 Å². The zero-order valence-electron chi connectivity index (χ0n) is 29.0. The number of hydrogen-bond donors (Lipinski definition) is 0. The number of nitrogens with zero attached hydrogens (tertiary/aromatic N) is 2. The molecule has 2 heteroatoms.